The molecule has 0 radical (unpaired) electrons. The minimum absolute atomic E-state index is 0.450. The molecule has 0 amide bonds. The predicted molar refractivity (Wildman–Crippen MR) is 42.8 cm³/mol. The molecule has 0 aliphatic rings. The van der Waals surface area contributed by atoms with Crippen molar-refractivity contribution in [3.05, 3.63) is 23.8 Å². The molecular weight excluding hydrogens is 144 g/mol. The number of nitrogens with zero attached hydrogens (tertiary/aromatic N) is 1. The molecule has 10 heavy (non-hydrogen) atoms. The van der Waals surface area contributed by atoms with Gasteiger partial charge in [-0.2, -0.15) is 5.26 Å². The molecule has 0 bridgehead atoms. The molecule has 0 atom stereocenters. The van der Waals surface area contributed by atoms with Crippen molar-refractivity contribution in [3.8, 4) is 6.07 Å². The van der Waals surface area contributed by atoms with Crippen molar-refractivity contribution in [2.45, 2.75) is 4.90 Å². The SMILES string of the molecule is N#Cc1c(N)cccc1S. The maximum atomic E-state index is 8.52. The second-order valence-electron chi connectivity index (χ2n) is 1.85. The fraction of sp³-hybridized carbons (Fsp3) is 0. The van der Waals surface area contributed by atoms with Gasteiger partial charge in [0.2, 0.25) is 0 Å². The van der Waals surface area contributed by atoms with Crippen molar-refractivity contribution in [2.24, 2.45) is 0 Å². The molecule has 1 aromatic carbocycles. The summed E-state index contributed by atoms with van der Waals surface area (Å²) in [6.45, 7) is 0. The Morgan fingerprint density at radius 2 is 2.20 bits per heavy atom. The van der Waals surface area contributed by atoms with E-state index in [-0.39, 0.29) is 0 Å². The number of hydrogen-bond acceptors (Lipinski definition) is 3. The summed E-state index contributed by atoms with van der Waals surface area (Å²) in [5, 5.41) is 8.52. The van der Waals surface area contributed by atoms with Crippen LogP contribution in [0.5, 0.6) is 0 Å². The molecule has 0 saturated carbocycles. The molecular formula is C7H6N2S. The van der Waals surface area contributed by atoms with Crippen molar-refractivity contribution in [2.75, 3.05) is 5.73 Å². The Morgan fingerprint density at radius 3 is 2.60 bits per heavy atom. The Balaban J connectivity index is 3.34. The summed E-state index contributed by atoms with van der Waals surface area (Å²) in [6.07, 6.45) is 0. The zero-order chi connectivity index (χ0) is 7.56. The molecule has 50 valence electrons. The lowest BCUT2D eigenvalue weighted by Crippen LogP contribution is -1.89. The Labute approximate surface area is 64.7 Å². The van der Waals surface area contributed by atoms with Gasteiger partial charge in [0.05, 0.1) is 11.3 Å². The summed E-state index contributed by atoms with van der Waals surface area (Å²) in [5.41, 5.74) is 6.39. The van der Waals surface area contributed by atoms with E-state index in [2.05, 4.69) is 12.6 Å². The van der Waals surface area contributed by atoms with Crippen molar-refractivity contribution >= 4 is 18.3 Å². The van der Waals surface area contributed by atoms with Crippen LogP contribution in [0.1, 0.15) is 5.56 Å². The first-order chi connectivity index (χ1) is 4.75. The molecule has 1 rings (SSSR count). The Hall–Kier alpha value is -1.14. The highest BCUT2D eigenvalue weighted by atomic mass is 32.1. The first-order valence-corrected chi connectivity index (χ1v) is 3.18. The number of rotatable bonds is 0. The summed E-state index contributed by atoms with van der Waals surface area (Å²) in [7, 11) is 0. The number of nitrogens with two attached hydrogens (primary N) is 1. The highest BCUT2D eigenvalue weighted by Gasteiger charge is 1.99. The van der Waals surface area contributed by atoms with Crippen LogP contribution in [0.2, 0.25) is 0 Å². The van der Waals surface area contributed by atoms with Crippen LogP contribution in [0, 0.1) is 11.3 Å². The van der Waals surface area contributed by atoms with E-state index in [1.165, 1.54) is 0 Å². The van der Waals surface area contributed by atoms with Crippen molar-refractivity contribution < 1.29 is 0 Å². The van der Waals surface area contributed by atoms with Gasteiger partial charge < -0.3 is 5.73 Å². The van der Waals surface area contributed by atoms with Gasteiger partial charge in [0.1, 0.15) is 6.07 Å². The number of hydrogen-bond donors (Lipinski definition) is 2. The van der Waals surface area contributed by atoms with Gasteiger partial charge in [-0.3, -0.25) is 0 Å². The number of nitriles is 1. The van der Waals surface area contributed by atoms with Crippen molar-refractivity contribution in [1.82, 2.24) is 0 Å². The summed E-state index contributed by atoms with van der Waals surface area (Å²) in [5.74, 6) is 0. The maximum absolute atomic E-state index is 8.52. The average Bonchev–Trinajstić information content (AvgIpc) is 1.88. The lowest BCUT2D eigenvalue weighted by Gasteiger charge is -1.97. The number of nitrogen functional groups attached to an aromatic ring is 1. The van der Waals surface area contributed by atoms with Gasteiger partial charge in [0, 0.05) is 4.90 Å². The molecule has 3 heteroatoms. The Kier molecular flexibility index (Phi) is 1.83. The average molecular weight is 150 g/mol. The van der Waals surface area contributed by atoms with Crippen LogP contribution in [0.4, 0.5) is 5.69 Å². The molecule has 0 unspecified atom stereocenters. The standard InChI is InChI=1S/C7H6N2S/c8-4-5-6(9)2-1-3-7(5)10/h1-3,10H,9H2. The van der Waals surface area contributed by atoms with E-state index in [0.29, 0.717) is 16.1 Å². The third-order valence-corrected chi connectivity index (χ3v) is 1.56. The van der Waals surface area contributed by atoms with E-state index in [1.807, 2.05) is 6.07 Å². The normalized spacial score (nSPS) is 8.80. The van der Waals surface area contributed by atoms with E-state index in [9.17, 15) is 0 Å². The lowest BCUT2D eigenvalue weighted by atomic mass is 10.2. The summed E-state index contributed by atoms with van der Waals surface area (Å²) < 4.78 is 0. The second kappa shape index (κ2) is 2.63. The molecule has 0 aliphatic carbocycles. The van der Waals surface area contributed by atoms with E-state index in [1.54, 1.807) is 18.2 Å². The van der Waals surface area contributed by atoms with E-state index >= 15 is 0 Å². The minimum atomic E-state index is 0.450. The van der Waals surface area contributed by atoms with Gasteiger partial charge in [0.15, 0.2) is 0 Å². The van der Waals surface area contributed by atoms with Crippen LogP contribution in [-0.2, 0) is 0 Å². The Morgan fingerprint density at radius 1 is 1.50 bits per heavy atom. The third-order valence-electron chi connectivity index (χ3n) is 1.19. The number of thiol groups is 1. The van der Waals surface area contributed by atoms with Crippen LogP contribution >= 0.6 is 12.6 Å². The quantitative estimate of drug-likeness (QED) is 0.434. The smallest absolute Gasteiger partial charge is 0.102 e. The summed E-state index contributed by atoms with van der Waals surface area (Å²) in [4.78, 5) is 0.627. The zero-order valence-corrected chi connectivity index (χ0v) is 6.10. The highest BCUT2D eigenvalue weighted by molar-refractivity contribution is 7.80. The first-order valence-electron chi connectivity index (χ1n) is 2.73. The van der Waals surface area contributed by atoms with Gasteiger partial charge in [-0.15, -0.1) is 12.6 Å². The fourth-order valence-corrected chi connectivity index (χ4v) is 0.944. The zero-order valence-electron chi connectivity index (χ0n) is 5.20. The monoisotopic (exact) mass is 150 g/mol. The van der Waals surface area contributed by atoms with E-state index < -0.39 is 0 Å². The van der Waals surface area contributed by atoms with Crippen LogP contribution in [0.25, 0.3) is 0 Å². The summed E-state index contributed by atoms with van der Waals surface area (Å²) >= 11 is 4.05. The van der Waals surface area contributed by atoms with Crippen LogP contribution in [0.3, 0.4) is 0 Å². The molecule has 0 fully saturated rings. The predicted octanol–water partition coefficient (Wildman–Crippen LogP) is 1.43. The van der Waals surface area contributed by atoms with E-state index in [0.717, 1.165) is 0 Å². The van der Waals surface area contributed by atoms with Crippen LogP contribution in [0.15, 0.2) is 23.1 Å². The largest absolute Gasteiger partial charge is 0.398 e. The molecule has 0 saturated heterocycles. The topological polar surface area (TPSA) is 49.8 Å². The third kappa shape index (κ3) is 1.07. The summed E-state index contributed by atoms with van der Waals surface area (Å²) in [6, 6.07) is 7.14. The minimum Gasteiger partial charge on any atom is -0.398 e. The molecule has 0 heterocycles. The van der Waals surface area contributed by atoms with Gasteiger partial charge in [0.25, 0.3) is 0 Å². The van der Waals surface area contributed by atoms with E-state index in [4.69, 9.17) is 11.0 Å². The molecule has 0 aliphatic heterocycles. The maximum Gasteiger partial charge on any atom is 0.102 e. The fourth-order valence-electron chi connectivity index (χ4n) is 0.679. The van der Waals surface area contributed by atoms with Crippen molar-refractivity contribution in [1.29, 1.82) is 5.26 Å². The van der Waals surface area contributed by atoms with Gasteiger partial charge >= 0.3 is 0 Å². The van der Waals surface area contributed by atoms with Gasteiger partial charge in [-0.1, -0.05) is 6.07 Å². The van der Waals surface area contributed by atoms with Crippen molar-refractivity contribution in [3.63, 3.8) is 0 Å². The van der Waals surface area contributed by atoms with Crippen LogP contribution < -0.4 is 5.73 Å². The molecule has 1 aromatic rings. The molecule has 0 spiro atoms. The lowest BCUT2D eigenvalue weighted by molar-refractivity contribution is 1.38. The first kappa shape index (κ1) is 6.97. The van der Waals surface area contributed by atoms with Gasteiger partial charge in [-0.05, 0) is 12.1 Å². The number of benzene rings is 1. The Bertz CT molecular complexity index is 268. The van der Waals surface area contributed by atoms with Gasteiger partial charge in [-0.25, -0.2) is 0 Å². The molecule has 0 aromatic heterocycles. The molecule has 2 nitrogen and oxygen atoms in total. The molecule has 2 N–H and O–H groups in total. The highest BCUT2D eigenvalue weighted by Crippen LogP contribution is 2.18. The van der Waals surface area contributed by atoms with Crippen LogP contribution in [-0.4, -0.2) is 0 Å². The number of anilines is 1. The second-order valence-corrected chi connectivity index (χ2v) is 2.33.